The van der Waals surface area contributed by atoms with E-state index in [0.717, 1.165) is 99.9 Å². The number of para-hydroxylation sites is 6. The van der Waals surface area contributed by atoms with E-state index in [9.17, 15) is 0 Å². The second-order valence-electron chi connectivity index (χ2n) is 16.4. The summed E-state index contributed by atoms with van der Waals surface area (Å²) in [4.78, 5) is 15.9. The number of fused-ring (bicyclic) bond motifs is 11. The molecule has 14 rings (SSSR count). The van der Waals surface area contributed by atoms with Gasteiger partial charge in [-0.15, -0.1) is 0 Å². The molecule has 0 N–H and O–H groups in total. The predicted molar refractivity (Wildman–Crippen MR) is 259 cm³/mol. The second-order valence-corrected chi connectivity index (χ2v) is 16.4. The summed E-state index contributed by atoms with van der Waals surface area (Å²) >= 11 is 0. The quantitative estimate of drug-likeness (QED) is 0.174. The lowest BCUT2D eigenvalue weighted by atomic mass is 10.1. The molecule has 4 aromatic heterocycles. The molecule has 5 heterocycles. The van der Waals surface area contributed by atoms with Gasteiger partial charge >= 0.3 is 0 Å². The lowest BCUT2D eigenvalue weighted by molar-refractivity contribution is 0.476. The van der Waals surface area contributed by atoms with Gasteiger partial charge in [-0.25, -0.2) is 15.0 Å². The molecule has 7 heteroatoms. The first-order valence-electron chi connectivity index (χ1n) is 21.5. The Kier molecular flexibility index (Phi) is 7.27. The molecule has 0 bridgehead atoms. The highest BCUT2D eigenvalue weighted by Crippen LogP contribution is 2.49. The molecular weight excluding hydrogens is 785 g/mol. The number of hydrogen-bond acceptors (Lipinski definition) is 4. The van der Waals surface area contributed by atoms with Crippen LogP contribution < -0.4 is 4.74 Å². The molecule has 0 amide bonds. The Morgan fingerprint density at radius 1 is 0.344 bits per heavy atom. The first kappa shape index (κ1) is 34.9. The van der Waals surface area contributed by atoms with Gasteiger partial charge in [0.2, 0.25) is 0 Å². The van der Waals surface area contributed by atoms with Crippen molar-refractivity contribution in [1.29, 1.82) is 0 Å². The van der Waals surface area contributed by atoms with Gasteiger partial charge in [-0.2, -0.15) is 0 Å². The van der Waals surface area contributed by atoms with Crippen molar-refractivity contribution < 1.29 is 4.74 Å². The molecule has 0 atom stereocenters. The summed E-state index contributed by atoms with van der Waals surface area (Å²) in [6.45, 7) is 0. The van der Waals surface area contributed by atoms with Crippen molar-refractivity contribution >= 4 is 65.4 Å². The molecule has 0 unspecified atom stereocenters. The van der Waals surface area contributed by atoms with Crippen LogP contribution >= 0.6 is 0 Å². The first-order chi connectivity index (χ1) is 31.7. The Bertz CT molecular complexity index is 4010. The van der Waals surface area contributed by atoms with Gasteiger partial charge in [0, 0.05) is 55.0 Å². The largest absolute Gasteiger partial charge is 0.453 e. The van der Waals surface area contributed by atoms with Crippen LogP contribution in [0, 0.1) is 0 Å². The Labute approximate surface area is 366 Å². The molecule has 13 aromatic rings. The van der Waals surface area contributed by atoms with Crippen molar-refractivity contribution in [2.75, 3.05) is 0 Å². The van der Waals surface area contributed by atoms with Crippen LogP contribution in [0.4, 0.5) is 0 Å². The van der Waals surface area contributed by atoms with Crippen LogP contribution in [0.25, 0.3) is 117 Å². The molecular formula is C57H34N6O. The van der Waals surface area contributed by atoms with E-state index in [1.807, 2.05) is 12.1 Å². The maximum absolute atomic E-state index is 6.51. The van der Waals surface area contributed by atoms with Gasteiger partial charge in [-0.05, 0) is 77.5 Å². The van der Waals surface area contributed by atoms with Gasteiger partial charge in [0.15, 0.2) is 29.0 Å². The standard InChI is InChI=1S/C57H34N6O/c1-2-17-40(18-3-1)62-49-34-39(30-31-44(49)52-45-22-13-27-51-53(45)63(57(52)62)48-25-10-11-26-50(48)64-51)56-59-54(58-55(60-56)38-29-28-35-14-4-5-15-36(35)32-38)37-16-12-19-41(33-37)61-46-23-8-6-20-42(46)43-21-7-9-24-47(43)61/h1-34H. The number of rotatable bonds is 5. The predicted octanol–water partition coefficient (Wildman–Crippen LogP) is 14.3. The third kappa shape index (κ3) is 5.06. The minimum atomic E-state index is 0.595. The van der Waals surface area contributed by atoms with Crippen molar-refractivity contribution in [3.63, 3.8) is 0 Å². The SMILES string of the molecule is c1ccc(-n2c3cc(-c4nc(-c5cccc(-n6c7ccccc7c7ccccc76)c5)nc(-c5ccc6ccccc6c5)n4)ccc3c3c4cccc5c4n(c32)-c2ccccc2O5)cc1. The highest BCUT2D eigenvalue weighted by atomic mass is 16.5. The second kappa shape index (κ2) is 13.3. The fourth-order valence-corrected chi connectivity index (χ4v) is 10.0. The topological polar surface area (TPSA) is 62.7 Å². The van der Waals surface area contributed by atoms with E-state index < -0.39 is 0 Å². The summed E-state index contributed by atoms with van der Waals surface area (Å²) in [7, 11) is 0. The van der Waals surface area contributed by atoms with E-state index in [1.165, 1.54) is 10.8 Å². The zero-order valence-electron chi connectivity index (χ0n) is 34.2. The monoisotopic (exact) mass is 818 g/mol. The Balaban J connectivity index is 1.02. The minimum absolute atomic E-state index is 0.595. The highest BCUT2D eigenvalue weighted by molar-refractivity contribution is 6.24. The molecule has 0 saturated heterocycles. The number of aromatic nitrogens is 6. The smallest absolute Gasteiger partial charge is 0.164 e. The van der Waals surface area contributed by atoms with Gasteiger partial charge in [-0.1, -0.05) is 140 Å². The van der Waals surface area contributed by atoms with Gasteiger partial charge in [0.1, 0.15) is 5.65 Å². The van der Waals surface area contributed by atoms with Crippen molar-refractivity contribution in [2.24, 2.45) is 0 Å². The van der Waals surface area contributed by atoms with E-state index in [1.54, 1.807) is 0 Å². The Morgan fingerprint density at radius 2 is 0.938 bits per heavy atom. The average Bonchev–Trinajstić information content (AvgIpc) is 4.00. The van der Waals surface area contributed by atoms with Crippen LogP contribution in [-0.4, -0.2) is 28.7 Å². The van der Waals surface area contributed by atoms with Crippen LogP contribution in [0.5, 0.6) is 11.5 Å². The third-order valence-corrected chi connectivity index (χ3v) is 12.8. The van der Waals surface area contributed by atoms with Crippen LogP contribution in [0.2, 0.25) is 0 Å². The number of hydrogen-bond donors (Lipinski definition) is 0. The van der Waals surface area contributed by atoms with E-state index >= 15 is 0 Å². The van der Waals surface area contributed by atoms with Crippen molar-refractivity contribution in [1.82, 2.24) is 28.7 Å². The molecule has 0 aliphatic carbocycles. The summed E-state index contributed by atoms with van der Waals surface area (Å²) in [5.74, 6) is 3.48. The summed E-state index contributed by atoms with van der Waals surface area (Å²) in [5, 5.41) is 8.15. The fraction of sp³-hybridized carbons (Fsp3) is 0. The van der Waals surface area contributed by atoms with Crippen molar-refractivity contribution in [3.8, 4) is 62.7 Å². The third-order valence-electron chi connectivity index (χ3n) is 12.8. The number of benzene rings is 9. The highest BCUT2D eigenvalue weighted by Gasteiger charge is 2.29. The molecule has 0 fully saturated rings. The molecule has 298 valence electrons. The molecule has 7 nitrogen and oxygen atoms in total. The molecule has 0 saturated carbocycles. The molecule has 0 spiro atoms. The van der Waals surface area contributed by atoms with Crippen LogP contribution in [0.1, 0.15) is 0 Å². The zero-order chi connectivity index (χ0) is 41.9. The molecule has 9 aromatic carbocycles. The van der Waals surface area contributed by atoms with E-state index in [2.05, 4.69) is 208 Å². The molecule has 1 aliphatic rings. The summed E-state index contributed by atoms with van der Waals surface area (Å²) in [6.07, 6.45) is 0. The Morgan fingerprint density at radius 3 is 1.73 bits per heavy atom. The number of nitrogens with zero attached hydrogens (tertiary/aromatic N) is 6. The van der Waals surface area contributed by atoms with Crippen molar-refractivity contribution in [2.45, 2.75) is 0 Å². The van der Waals surface area contributed by atoms with Crippen molar-refractivity contribution in [3.05, 3.63) is 206 Å². The lowest BCUT2D eigenvalue weighted by Crippen LogP contribution is -2.07. The maximum atomic E-state index is 6.51. The summed E-state index contributed by atoms with van der Waals surface area (Å²) < 4.78 is 13.6. The summed E-state index contributed by atoms with van der Waals surface area (Å²) in [5.41, 5.74) is 11.3. The average molecular weight is 819 g/mol. The van der Waals surface area contributed by atoms with E-state index in [0.29, 0.717) is 17.5 Å². The fourth-order valence-electron chi connectivity index (χ4n) is 10.0. The van der Waals surface area contributed by atoms with Crippen LogP contribution in [-0.2, 0) is 0 Å². The van der Waals surface area contributed by atoms with Gasteiger partial charge in [0.05, 0.1) is 27.8 Å². The van der Waals surface area contributed by atoms with E-state index in [-0.39, 0.29) is 0 Å². The zero-order valence-corrected chi connectivity index (χ0v) is 34.2. The van der Waals surface area contributed by atoms with Crippen LogP contribution in [0.15, 0.2) is 206 Å². The van der Waals surface area contributed by atoms with Gasteiger partial charge in [-0.3, -0.25) is 9.13 Å². The first-order valence-corrected chi connectivity index (χ1v) is 21.5. The molecule has 1 aliphatic heterocycles. The Hall–Kier alpha value is -8.81. The van der Waals surface area contributed by atoms with E-state index in [4.69, 9.17) is 19.7 Å². The van der Waals surface area contributed by atoms with Gasteiger partial charge in [0.25, 0.3) is 0 Å². The molecule has 0 radical (unpaired) electrons. The summed E-state index contributed by atoms with van der Waals surface area (Å²) in [6, 6.07) is 72.4. The number of ether oxygens (including phenoxy) is 1. The van der Waals surface area contributed by atoms with Gasteiger partial charge < -0.3 is 9.30 Å². The van der Waals surface area contributed by atoms with Crippen LogP contribution in [0.3, 0.4) is 0 Å². The lowest BCUT2D eigenvalue weighted by Gasteiger charge is -2.21. The molecule has 64 heavy (non-hydrogen) atoms. The minimum Gasteiger partial charge on any atom is -0.453 e. The normalized spacial score (nSPS) is 12.2. The maximum Gasteiger partial charge on any atom is 0.164 e.